The van der Waals surface area contributed by atoms with E-state index in [4.69, 9.17) is 10.7 Å². The Kier molecular flexibility index (Phi) is 5.73. The largest absolute Gasteiger partial charge is 0.395 e. The lowest BCUT2D eigenvalue weighted by atomic mass is 10.2. The second-order valence-corrected chi connectivity index (χ2v) is 5.38. The molecular formula is C16H26N4O. The van der Waals surface area contributed by atoms with E-state index in [1.807, 2.05) is 19.2 Å². The van der Waals surface area contributed by atoms with E-state index in [9.17, 15) is 5.11 Å². The molecule has 116 valence electrons. The van der Waals surface area contributed by atoms with Gasteiger partial charge >= 0.3 is 0 Å². The average Bonchev–Trinajstić information content (AvgIpc) is 2.84. The van der Waals surface area contributed by atoms with Crippen LogP contribution in [0.1, 0.15) is 31.6 Å². The van der Waals surface area contributed by atoms with E-state index in [1.165, 1.54) is 0 Å². The highest BCUT2D eigenvalue weighted by Crippen LogP contribution is 2.26. The summed E-state index contributed by atoms with van der Waals surface area (Å²) in [4.78, 5) is 7.01. The molecule has 2 aromatic rings. The third kappa shape index (κ3) is 3.43. The van der Waals surface area contributed by atoms with Gasteiger partial charge < -0.3 is 15.4 Å². The Morgan fingerprint density at radius 1 is 1.38 bits per heavy atom. The van der Waals surface area contributed by atoms with Crippen LogP contribution in [0.15, 0.2) is 24.3 Å². The van der Waals surface area contributed by atoms with Crippen LogP contribution in [-0.4, -0.2) is 46.3 Å². The number of nitrogens with two attached hydrogens (primary N) is 1. The zero-order valence-electron chi connectivity index (χ0n) is 13.0. The quantitative estimate of drug-likeness (QED) is 0.777. The topological polar surface area (TPSA) is 67.3 Å². The van der Waals surface area contributed by atoms with Gasteiger partial charge in [0.25, 0.3) is 0 Å². The first-order valence-electron chi connectivity index (χ1n) is 7.69. The maximum atomic E-state index is 9.19. The lowest BCUT2D eigenvalue weighted by Gasteiger charge is -2.26. The van der Waals surface area contributed by atoms with Crippen molar-refractivity contribution in [1.29, 1.82) is 0 Å². The van der Waals surface area contributed by atoms with Crippen LogP contribution in [0.2, 0.25) is 0 Å². The van der Waals surface area contributed by atoms with Crippen LogP contribution in [0.4, 0.5) is 0 Å². The van der Waals surface area contributed by atoms with Gasteiger partial charge in [0.2, 0.25) is 0 Å². The van der Waals surface area contributed by atoms with Crippen LogP contribution in [0, 0.1) is 0 Å². The van der Waals surface area contributed by atoms with Gasteiger partial charge in [-0.15, -0.1) is 0 Å². The number of aliphatic hydroxyl groups excluding tert-OH is 1. The fourth-order valence-corrected chi connectivity index (χ4v) is 2.84. The first kappa shape index (κ1) is 15.9. The summed E-state index contributed by atoms with van der Waals surface area (Å²) in [6.45, 7) is 4.53. The van der Waals surface area contributed by atoms with Crippen molar-refractivity contribution >= 4 is 11.0 Å². The van der Waals surface area contributed by atoms with Gasteiger partial charge in [-0.05, 0) is 38.6 Å². The molecule has 3 N–H and O–H groups in total. The molecule has 0 saturated carbocycles. The molecule has 1 heterocycles. The Morgan fingerprint density at radius 2 is 2.14 bits per heavy atom. The number of rotatable bonds is 8. The predicted octanol–water partition coefficient (Wildman–Crippen LogP) is 1.76. The molecule has 21 heavy (non-hydrogen) atoms. The molecule has 1 aromatic carbocycles. The summed E-state index contributed by atoms with van der Waals surface area (Å²) in [7, 11) is 2.04. The number of fused-ring (bicyclic) bond motifs is 1. The normalized spacial score (nSPS) is 13.2. The standard InChI is InChI=1S/C16H26N4O/c1-3-14(19(2)11-12-21)16-18-13-7-4-5-8-15(13)20(16)10-6-9-17/h4-5,7-8,14,21H,3,6,9-12,17H2,1-2H3. The summed E-state index contributed by atoms with van der Waals surface area (Å²) in [6, 6.07) is 8.44. The number of likely N-dealkylation sites (N-methyl/N-ethyl adjacent to an activating group) is 1. The maximum Gasteiger partial charge on any atom is 0.127 e. The minimum Gasteiger partial charge on any atom is -0.395 e. The summed E-state index contributed by atoms with van der Waals surface area (Å²) in [5, 5.41) is 9.19. The fourth-order valence-electron chi connectivity index (χ4n) is 2.84. The number of aryl methyl sites for hydroxylation is 1. The highest BCUT2D eigenvalue weighted by atomic mass is 16.3. The number of nitrogens with zero attached hydrogens (tertiary/aromatic N) is 3. The van der Waals surface area contributed by atoms with Crippen LogP contribution in [-0.2, 0) is 6.54 Å². The molecule has 2 rings (SSSR count). The maximum absolute atomic E-state index is 9.19. The van der Waals surface area contributed by atoms with Crippen molar-refractivity contribution in [3.05, 3.63) is 30.1 Å². The zero-order chi connectivity index (χ0) is 15.2. The Morgan fingerprint density at radius 3 is 2.81 bits per heavy atom. The van der Waals surface area contributed by atoms with Crippen LogP contribution in [0.3, 0.4) is 0 Å². The van der Waals surface area contributed by atoms with Crippen molar-refractivity contribution in [3.63, 3.8) is 0 Å². The second-order valence-electron chi connectivity index (χ2n) is 5.38. The Hall–Kier alpha value is -1.43. The van der Waals surface area contributed by atoms with E-state index in [1.54, 1.807) is 0 Å². The number of benzene rings is 1. The third-order valence-electron chi connectivity index (χ3n) is 3.94. The lowest BCUT2D eigenvalue weighted by molar-refractivity contribution is 0.170. The molecule has 1 unspecified atom stereocenters. The van der Waals surface area contributed by atoms with Gasteiger partial charge in [0.1, 0.15) is 5.82 Å². The van der Waals surface area contributed by atoms with Crippen molar-refractivity contribution < 1.29 is 5.11 Å². The van der Waals surface area contributed by atoms with Gasteiger partial charge in [-0.3, -0.25) is 4.90 Å². The van der Waals surface area contributed by atoms with Gasteiger partial charge in [-0.25, -0.2) is 4.98 Å². The van der Waals surface area contributed by atoms with E-state index >= 15 is 0 Å². The van der Waals surface area contributed by atoms with Gasteiger partial charge in [-0.1, -0.05) is 19.1 Å². The van der Waals surface area contributed by atoms with Gasteiger partial charge in [-0.2, -0.15) is 0 Å². The molecule has 5 nitrogen and oxygen atoms in total. The van der Waals surface area contributed by atoms with Crippen LogP contribution < -0.4 is 5.73 Å². The van der Waals surface area contributed by atoms with Crippen molar-refractivity contribution in [2.75, 3.05) is 26.7 Å². The van der Waals surface area contributed by atoms with Crippen LogP contribution in [0.25, 0.3) is 11.0 Å². The first-order valence-corrected chi connectivity index (χ1v) is 7.69. The van der Waals surface area contributed by atoms with Gasteiger partial charge in [0.15, 0.2) is 0 Å². The highest BCUT2D eigenvalue weighted by molar-refractivity contribution is 5.76. The van der Waals surface area contributed by atoms with E-state index in [-0.39, 0.29) is 12.6 Å². The van der Waals surface area contributed by atoms with E-state index in [0.29, 0.717) is 13.1 Å². The van der Waals surface area contributed by atoms with Crippen molar-refractivity contribution in [2.24, 2.45) is 5.73 Å². The number of aliphatic hydroxyl groups is 1. The Labute approximate surface area is 126 Å². The molecule has 0 amide bonds. The zero-order valence-corrected chi connectivity index (χ0v) is 13.0. The summed E-state index contributed by atoms with van der Waals surface area (Å²) in [5.74, 6) is 1.07. The molecule has 0 bridgehead atoms. The first-order chi connectivity index (χ1) is 10.2. The van der Waals surface area contributed by atoms with E-state index < -0.39 is 0 Å². The predicted molar refractivity (Wildman–Crippen MR) is 86.2 cm³/mol. The van der Waals surface area contributed by atoms with Crippen molar-refractivity contribution in [2.45, 2.75) is 32.4 Å². The summed E-state index contributed by atoms with van der Waals surface area (Å²) in [6.07, 6.45) is 1.90. The Balaban J connectivity index is 2.44. The average molecular weight is 290 g/mol. The molecule has 1 aromatic heterocycles. The summed E-state index contributed by atoms with van der Waals surface area (Å²) in [5.41, 5.74) is 7.87. The summed E-state index contributed by atoms with van der Waals surface area (Å²) < 4.78 is 2.28. The van der Waals surface area contributed by atoms with Crippen LogP contribution in [0.5, 0.6) is 0 Å². The van der Waals surface area contributed by atoms with Crippen molar-refractivity contribution in [1.82, 2.24) is 14.5 Å². The number of hydrogen-bond donors (Lipinski definition) is 2. The number of para-hydroxylation sites is 2. The van der Waals surface area contributed by atoms with E-state index in [2.05, 4.69) is 28.5 Å². The highest BCUT2D eigenvalue weighted by Gasteiger charge is 2.22. The molecule has 0 aliphatic carbocycles. The third-order valence-corrected chi connectivity index (χ3v) is 3.94. The SMILES string of the molecule is CCC(c1nc2ccccc2n1CCCN)N(C)CCO. The van der Waals surface area contributed by atoms with Gasteiger partial charge in [0, 0.05) is 13.1 Å². The molecule has 0 aliphatic heterocycles. The monoisotopic (exact) mass is 290 g/mol. The number of hydrogen-bond acceptors (Lipinski definition) is 4. The lowest BCUT2D eigenvalue weighted by Crippen LogP contribution is -2.29. The second kappa shape index (κ2) is 7.54. The van der Waals surface area contributed by atoms with E-state index in [0.717, 1.165) is 36.2 Å². The Bertz CT molecular complexity index is 566. The number of imidazole rings is 1. The fraction of sp³-hybridized carbons (Fsp3) is 0.562. The molecule has 0 saturated heterocycles. The van der Waals surface area contributed by atoms with Crippen LogP contribution >= 0.6 is 0 Å². The molecule has 1 atom stereocenters. The molecule has 5 heteroatoms. The summed E-state index contributed by atoms with van der Waals surface area (Å²) >= 11 is 0. The smallest absolute Gasteiger partial charge is 0.127 e. The molecule has 0 aliphatic rings. The molecule has 0 radical (unpaired) electrons. The minimum absolute atomic E-state index is 0.163. The van der Waals surface area contributed by atoms with Gasteiger partial charge in [0.05, 0.1) is 23.7 Å². The molecule has 0 spiro atoms. The number of aromatic nitrogens is 2. The van der Waals surface area contributed by atoms with Crippen molar-refractivity contribution in [3.8, 4) is 0 Å². The molecular weight excluding hydrogens is 264 g/mol. The minimum atomic E-state index is 0.163. The molecule has 0 fully saturated rings.